The van der Waals surface area contributed by atoms with E-state index in [-0.39, 0.29) is 5.91 Å². The number of carbonyl (C=O) groups is 1. The van der Waals surface area contributed by atoms with Crippen LogP contribution >= 0.6 is 0 Å². The molecule has 0 aliphatic heterocycles. The van der Waals surface area contributed by atoms with Gasteiger partial charge >= 0.3 is 0 Å². The quantitative estimate of drug-likeness (QED) is 0.870. The van der Waals surface area contributed by atoms with Gasteiger partial charge in [-0.05, 0) is 38.3 Å². The van der Waals surface area contributed by atoms with Gasteiger partial charge in [0.1, 0.15) is 0 Å². The van der Waals surface area contributed by atoms with Gasteiger partial charge in [-0.25, -0.2) is 4.68 Å². The van der Waals surface area contributed by atoms with E-state index >= 15 is 0 Å². The maximum atomic E-state index is 12.1. The summed E-state index contributed by atoms with van der Waals surface area (Å²) in [5.41, 5.74) is 4.24. The Morgan fingerprint density at radius 2 is 1.92 bits per heavy atom. The minimum absolute atomic E-state index is 0.160. The summed E-state index contributed by atoms with van der Waals surface area (Å²) in [6, 6.07) is 10.1. The summed E-state index contributed by atoms with van der Waals surface area (Å²) >= 11 is 0. The fourth-order valence-corrected chi connectivity index (χ4v) is 3.66. The molecule has 128 valence electrons. The molecule has 0 unspecified atom stereocenters. The second-order valence-electron chi connectivity index (χ2n) is 6.86. The zero-order valence-corrected chi connectivity index (χ0v) is 14.7. The molecule has 1 heterocycles. The summed E-state index contributed by atoms with van der Waals surface area (Å²) in [7, 11) is 0. The molecule has 3 rings (SSSR count). The van der Waals surface area contributed by atoms with E-state index in [4.69, 9.17) is 0 Å². The Morgan fingerprint density at radius 3 is 2.62 bits per heavy atom. The van der Waals surface area contributed by atoms with Gasteiger partial charge in [0.05, 0.1) is 11.4 Å². The van der Waals surface area contributed by atoms with Gasteiger partial charge in [-0.2, -0.15) is 5.10 Å². The number of aromatic nitrogens is 2. The standard InChI is InChI=1S/C20H27N3O/c1-15-19(14-21-20(24)13-12-17-8-6-7-9-17)16(2)23(22-15)18-10-4-3-5-11-18/h3-5,10-11,17H,6-9,12-14H2,1-2H3,(H,21,24). The van der Waals surface area contributed by atoms with Gasteiger partial charge in [-0.1, -0.05) is 43.9 Å². The number of aryl methyl sites for hydroxylation is 1. The van der Waals surface area contributed by atoms with Crippen LogP contribution in [-0.4, -0.2) is 15.7 Å². The summed E-state index contributed by atoms with van der Waals surface area (Å²) in [5, 5.41) is 7.71. The van der Waals surface area contributed by atoms with Crippen molar-refractivity contribution < 1.29 is 4.79 Å². The highest BCUT2D eigenvalue weighted by molar-refractivity contribution is 5.75. The topological polar surface area (TPSA) is 46.9 Å². The Morgan fingerprint density at radius 1 is 1.21 bits per heavy atom. The van der Waals surface area contributed by atoms with Crippen molar-refractivity contribution in [1.29, 1.82) is 0 Å². The molecule has 4 heteroatoms. The highest BCUT2D eigenvalue weighted by atomic mass is 16.1. The molecule has 0 bridgehead atoms. The second-order valence-corrected chi connectivity index (χ2v) is 6.86. The zero-order chi connectivity index (χ0) is 16.9. The van der Waals surface area contributed by atoms with Crippen LogP contribution < -0.4 is 5.32 Å². The fraction of sp³-hybridized carbons (Fsp3) is 0.500. The van der Waals surface area contributed by atoms with Gasteiger partial charge in [-0.15, -0.1) is 0 Å². The Labute approximate surface area is 144 Å². The van der Waals surface area contributed by atoms with Crippen LogP contribution in [0.3, 0.4) is 0 Å². The Kier molecular flexibility index (Phi) is 5.34. The molecule has 1 saturated carbocycles. The molecule has 0 saturated heterocycles. The van der Waals surface area contributed by atoms with Crippen LogP contribution in [0.2, 0.25) is 0 Å². The lowest BCUT2D eigenvalue weighted by molar-refractivity contribution is -0.121. The first-order valence-corrected chi connectivity index (χ1v) is 9.02. The molecule has 1 fully saturated rings. The van der Waals surface area contributed by atoms with Crippen LogP contribution in [0, 0.1) is 19.8 Å². The zero-order valence-electron chi connectivity index (χ0n) is 14.7. The van der Waals surface area contributed by atoms with E-state index in [0.29, 0.717) is 13.0 Å². The largest absolute Gasteiger partial charge is 0.352 e. The van der Waals surface area contributed by atoms with Gasteiger partial charge in [0, 0.05) is 24.2 Å². The first kappa shape index (κ1) is 16.7. The maximum absolute atomic E-state index is 12.1. The van der Waals surface area contributed by atoms with Crippen molar-refractivity contribution in [2.75, 3.05) is 0 Å². The van der Waals surface area contributed by atoms with Gasteiger partial charge in [-0.3, -0.25) is 4.79 Å². The molecule has 1 aliphatic carbocycles. The normalized spacial score (nSPS) is 14.9. The number of para-hydroxylation sites is 1. The molecule has 0 radical (unpaired) electrons. The summed E-state index contributed by atoms with van der Waals surface area (Å²) < 4.78 is 1.95. The van der Waals surface area contributed by atoms with E-state index in [9.17, 15) is 4.79 Å². The number of hydrogen-bond donors (Lipinski definition) is 1. The Balaban J connectivity index is 1.59. The third-order valence-corrected chi connectivity index (χ3v) is 5.16. The number of benzene rings is 1. The van der Waals surface area contributed by atoms with E-state index in [1.807, 2.05) is 41.9 Å². The fourth-order valence-electron chi connectivity index (χ4n) is 3.66. The molecular weight excluding hydrogens is 298 g/mol. The molecule has 1 aliphatic rings. The van der Waals surface area contributed by atoms with Crippen molar-refractivity contribution in [2.45, 2.75) is 58.9 Å². The van der Waals surface area contributed by atoms with Crippen molar-refractivity contribution in [1.82, 2.24) is 15.1 Å². The Hall–Kier alpha value is -2.10. The minimum Gasteiger partial charge on any atom is -0.352 e. The lowest BCUT2D eigenvalue weighted by Gasteiger charge is -2.10. The van der Waals surface area contributed by atoms with Crippen LogP contribution in [0.15, 0.2) is 30.3 Å². The average Bonchev–Trinajstić information content (AvgIpc) is 3.21. The summed E-state index contributed by atoms with van der Waals surface area (Å²) in [6.07, 6.45) is 6.96. The van der Waals surface area contributed by atoms with E-state index in [0.717, 1.165) is 35.0 Å². The van der Waals surface area contributed by atoms with E-state index < -0.39 is 0 Å². The first-order chi connectivity index (χ1) is 11.6. The molecular formula is C20H27N3O. The van der Waals surface area contributed by atoms with Gasteiger partial charge in [0.25, 0.3) is 0 Å². The number of hydrogen-bond acceptors (Lipinski definition) is 2. The van der Waals surface area contributed by atoms with Crippen molar-refractivity contribution >= 4 is 5.91 Å². The van der Waals surface area contributed by atoms with Crippen LogP contribution in [0.1, 0.15) is 55.5 Å². The third kappa shape index (κ3) is 3.86. The predicted octanol–water partition coefficient (Wildman–Crippen LogP) is 4.08. The maximum Gasteiger partial charge on any atom is 0.220 e. The predicted molar refractivity (Wildman–Crippen MR) is 96.1 cm³/mol. The Bertz CT molecular complexity index is 684. The SMILES string of the molecule is Cc1nn(-c2ccccc2)c(C)c1CNC(=O)CCC1CCCC1. The van der Waals surface area contributed by atoms with Crippen LogP contribution in [0.5, 0.6) is 0 Å². The van der Waals surface area contributed by atoms with Crippen molar-refractivity contribution in [3.63, 3.8) is 0 Å². The van der Waals surface area contributed by atoms with Gasteiger partial charge in [0.15, 0.2) is 0 Å². The molecule has 0 spiro atoms. The number of carbonyl (C=O) groups excluding carboxylic acids is 1. The van der Waals surface area contributed by atoms with Crippen LogP contribution in [0.25, 0.3) is 5.69 Å². The minimum atomic E-state index is 0.160. The molecule has 0 atom stereocenters. The molecule has 4 nitrogen and oxygen atoms in total. The van der Waals surface area contributed by atoms with E-state index in [1.54, 1.807) is 0 Å². The van der Waals surface area contributed by atoms with Crippen molar-refractivity contribution in [2.24, 2.45) is 5.92 Å². The number of amides is 1. The number of rotatable bonds is 6. The summed E-state index contributed by atoms with van der Waals surface area (Å²) in [4.78, 5) is 12.1. The number of nitrogens with one attached hydrogen (secondary N) is 1. The smallest absolute Gasteiger partial charge is 0.220 e. The van der Waals surface area contributed by atoms with Crippen molar-refractivity contribution in [3.8, 4) is 5.69 Å². The first-order valence-electron chi connectivity index (χ1n) is 9.02. The lowest BCUT2D eigenvalue weighted by Crippen LogP contribution is -2.23. The van der Waals surface area contributed by atoms with Crippen molar-refractivity contribution in [3.05, 3.63) is 47.3 Å². The average molecular weight is 325 g/mol. The number of nitrogens with zero attached hydrogens (tertiary/aromatic N) is 2. The lowest BCUT2D eigenvalue weighted by atomic mass is 10.0. The molecule has 1 aromatic heterocycles. The summed E-state index contributed by atoms with van der Waals surface area (Å²) in [5.74, 6) is 0.924. The highest BCUT2D eigenvalue weighted by Crippen LogP contribution is 2.28. The second kappa shape index (κ2) is 7.65. The molecule has 2 aromatic rings. The van der Waals surface area contributed by atoms with Crippen LogP contribution in [-0.2, 0) is 11.3 Å². The van der Waals surface area contributed by atoms with Gasteiger partial charge in [0.2, 0.25) is 5.91 Å². The molecule has 1 aromatic carbocycles. The van der Waals surface area contributed by atoms with Crippen LogP contribution in [0.4, 0.5) is 0 Å². The van der Waals surface area contributed by atoms with E-state index in [2.05, 4.69) is 17.3 Å². The molecule has 24 heavy (non-hydrogen) atoms. The van der Waals surface area contributed by atoms with E-state index in [1.165, 1.54) is 25.7 Å². The van der Waals surface area contributed by atoms with Gasteiger partial charge < -0.3 is 5.32 Å². The third-order valence-electron chi connectivity index (χ3n) is 5.16. The molecule has 1 N–H and O–H groups in total. The monoisotopic (exact) mass is 325 g/mol. The molecule has 1 amide bonds. The highest BCUT2D eigenvalue weighted by Gasteiger charge is 2.17. The summed E-state index contributed by atoms with van der Waals surface area (Å²) in [6.45, 7) is 4.63.